The van der Waals surface area contributed by atoms with Crippen LogP contribution in [0.25, 0.3) is 0 Å². The highest BCUT2D eigenvalue weighted by Crippen LogP contribution is 2.33. The maximum Gasteiger partial charge on any atom is 0.212 e. The highest BCUT2D eigenvalue weighted by molar-refractivity contribution is 7.89. The van der Waals surface area contributed by atoms with Crippen LogP contribution >= 0.6 is 0 Å². The molecule has 6 heteroatoms. The van der Waals surface area contributed by atoms with Crippen molar-refractivity contribution >= 4 is 10.0 Å². The Bertz CT molecular complexity index is 876. The van der Waals surface area contributed by atoms with Crippen LogP contribution in [0.2, 0.25) is 0 Å². The summed E-state index contributed by atoms with van der Waals surface area (Å²) in [6.45, 7) is 9.18. The maximum atomic E-state index is 12.4. The van der Waals surface area contributed by atoms with Crippen molar-refractivity contribution < 1.29 is 13.2 Å². The molecule has 1 N–H and O–H groups in total. The van der Waals surface area contributed by atoms with Crippen molar-refractivity contribution in [2.75, 3.05) is 12.3 Å². The molecule has 0 fully saturated rings. The predicted molar refractivity (Wildman–Crippen MR) is 118 cm³/mol. The standard InChI is InChI=1S/C23H34N2O3S/c1-4-6-7-16-29(26,27)24-23(3)13-11-20(12-14-23)28-22-10-8-9-19-17-25(15-5-2)18-21(19)22/h8-13,24H,4-7,14-18H2,1-3H3. The van der Waals surface area contributed by atoms with Crippen LogP contribution in [0.3, 0.4) is 0 Å². The molecule has 0 saturated carbocycles. The second-order valence-corrected chi connectivity index (χ2v) is 10.2. The summed E-state index contributed by atoms with van der Waals surface area (Å²) in [7, 11) is -3.28. The number of sulfonamides is 1. The largest absolute Gasteiger partial charge is 0.457 e. The molecular formula is C23H34N2O3S. The molecule has 1 heterocycles. The molecule has 0 radical (unpaired) electrons. The molecule has 0 aromatic heterocycles. The van der Waals surface area contributed by atoms with Gasteiger partial charge in [-0.2, -0.15) is 0 Å². The van der Waals surface area contributed by atoms with Gasteiger partial charge in [0.1, 0.15) is 11.5 Å². The van der Waals surface area contributed by atoms with Gasteiger partial charge < -0.3 is 4.74 Å². The lowest BCUT2D eigenvalue weighted by molar-refractivity contribution is 0.282. The fraction of sp³-hybridized carbons (Fsp3) is 0.565. The van der Waals surface area contributed by atoms with E-state index in [0.717, 1.165) is 50.4 Å². The van der Waals surface area contributed by atoms with Crippen LogP contribution in [0.5, 0.6) is 5.75 Å². The van der Waals surface area contributed by atoms with Gasteiger partial charge in [-0.25, -0.2) is 13.1 Å². The van der Waals surface area contributed by atoms with Crippen molar-refractivity contribution in [2.24, 2.45) is 0 Å². The number of hydrogen-bond donors (Lipinski definition) is 1. The smallest absolute Gasteiger partial charge is 0.212 e. The van der Waals surface area contributed by atoms with E-state index in [4.69, 9.17) is 4.74 Å². The quantitative estimate of drug-likeness (QED) is 0.568. The van der Waals surface area contributed by atoms with Crippen LogP contribution in [0.1, 0.15) is 64.0 Å². The normalized spacial score (nSPS) is 21.8. The first-order chi connectivity index (χ1) is 13.8. The highest BCUT2D eigenvalue weighted by atomic mass is 32.2. The van der Waals surface area contributed by atoms with E-state index in [-0.39, 0.29) is 5.75 Å². The van der Waals surface area contributed by atoms with Gasteiger partial charge in [0, 0.05) is 18.7 Å². The maximum absolute atomic E-state index is 12.4. The summed E-state index contributed by atoms with van der Waals surface area (Å²) in [5.41, 5.74) is 2.00. The van der Waals surface area contributed by atoms with Crippen molar-refractivity contribution in [3.63, 3.8) is 0 Å². The van der Waals surface area contributed by atoms with E-state index >= 15 is 0 Å². The number of fused-ring (bicyclic) bond motifs is 1. The molecule has 3 rings (SSSR count). The number of rotatable bonds is 10. The molecule has 1 aromatic rings. The second-order valence-electron chi connectivity index (χ2n) is 8.40. The van der Waals surface area contributed by atoms with Gasteiger partial charge in [0.15, 0.2) is 0 Å². The molecule has 1 aliphatic carbocycles. The first-order valence-electron chi connectivity index (χ1n) is 10.8. The third-order valence-corrected chi connectivity index (χ3v) is 7.12. The zero-order valence-electron chi connectivity index (χ0n) is 17.9. The number of nitrogens with zero attached hydrogens (tertiary/aromatic N) is 1. The Morgan fingerprint density at radius 2 is 2.00 bits per heavy atom. The van der Waals surface area contributed by atoms with Crippen LogP contribution in [-0.4, -0.2) is 31.2 Å². The van der Waals surface area contributed by atoms with Gasteiger partial charge in [0.2, 0.25) is 10.0 Å². The molecule has 5 nitrogen and oxygen atoms in total. The number of unbranched alkanes of at least 4 members (excludes halogenated alkanes) is 2. The van der Waals surface area contributed by atoms with E-state index in [1.807, 2.05) is 37.3 Å². The van der Waals surface area contributed by atoms with Crippen molar-refractivity contribution in [3.8, 4) is 5.75 Å². The molecule has 1 aliphatic heterocycles. The predicted octanol–water partition coefficient (Wildman–Crippen LogP) is 4.50. The molecule has 0 saturated heterocycles. The number of benzene rings is 1. The molecule has 0 spiro atoms. The minimum Gasteiger partial charge on any atom is -0.457 e. The monoisotopic (exact) mass is 418 g/mol. The fourth-order valence-electron chi connectivity index (χ4n) is 3.97. The van der Waals surface area contributed by atoms with E-state index in [1.54, 1.807) is 0 Å². The third kappa shape index (κ3) is 5.93. The number of allylic oxidation sites excluding steroid dienone is 1. The van der Waals surface area contributed by atoms with Crippen molar-refractivity contribution in [2.45, 2.75) is 71.5 Å². The van der Waals surface area contributed by atoms with Crippen molar-refractivity contribution in [1.82, 2.24) is 9.62 Å². The molecule has 1 unspecified atom stereocenters. The Labute approximate surface area is 175 Å². The van der Waals surface area contributed by atoms with Crippen LogP contribution in [-0.2, 0) is 23.1 Å². The molecular weight excluding hydrogens is 384 g/mol. The zero-order valence-corrected chi connectivity index (χ0v) is 18.7. The zero-order chi connectivity index (χ0) is 20.9. The molecule has 0 amide bonds. The third-order valence-electron chi connectivity index (χ3n) is 5.52. The minimum absolute atomic E-state index is 0.182. The van der Waals surface area contributed by atoms with Gasteiger partial charge in [-0.3, -0.25) is 4.90 Å². The average molecular weight is 419 g/mol. The molecule has 29 heavy (non-hydrogen) atoms. The van der Waals surface area contributed by atoms with Crippen LogP contribution < -0.4 is 9.46 Å². The van der Waals surface area contributed by atoms with Crippen molar-refractivity contribution in [3.05, 3.63) is 53.3 Å². The van der Waals surface area contributed by atoms with E-state index < -0.39 is 15.6 Å². The van der Waals surface area contributed by atoms with E-state index in [2.05, 4.69) is 29.5 Å². The Hall–Kier alpha value is -1.63. The summed E-state index contributed by atoms with van der Waals surface area (Å²) in [5.74, 6) is 1.86. The van der Waals surface area contributed by atoms with Gasteiger partial charge in [0.05, 0.1) is 11.3 Å². The molecule has 0 bridgehead atoms. The Morgan fingerprint density at radius 1 is 1.17 bits per heavy atom. The first kappa shape index (κ1) is 22.1. The lowest BCUT2D eigenvalue weighted by atomic mass is 9.94. The summed E-state index contributed by atoms with van der Waals surface area (Å²) < 4.78 is 33.8. The van der Waals surface area contributed by atoms with Crippen LogP contribution in [0.4, 0.5) is 0 Å². The Morgan fingerprint density at radius 3 is 2.69 bits per heavy atom. The summed E-state index contributed by atoms with van der Waals surface area (Å²) in [6.07, 6.45) is 10.1. The average Bonchev–Trinajstić information content (AvgIpc) is 3.07. The topological polar surface area (TPSA) is 58.6 Å². The first-order valence-corrected chi connectivity index (χ1v) is 12.4. The summed E-state index contributed by atoms with van der Waals surface area (Å²) in [6, 6.07) is 6.24. The summed E-state index contributed by atoms with van der Waals surface area (Å²) >= 11 is 0. The van der Waals surface area contributed by atoms with Crippen molar-refractivity contribution in [1.29, 1.82) is 0 Å². The number of nitrogens with one attached hydrogen (secondary N) is 1. The second kappa shape index (κ2) is 9.45. The highest BCUT2D eigenvalue weighted by Gasteiger charge is 2.29. The number of ether oxygens (including phenoxy) is 1. The van der Waals surface area contributed by atoms with Gasteiger partial charge in [-0.05, 0) is 56.5 Å². The molecule has 1 atom stereocenters. The Balaban J connectivity index is 1.62. The summed E-state index contributed by atoms with van der Waals surface area (Å²) in [5, 5.41) is 0. The minimum atomic E-state index is -3.28. The Kier molecular flexibility index (Phi) is 7.19. The van der Waals surface area contributed by atoms with Gasteiger partial charge in [0.25, 0.3) is 0 Å². The fourth-order valence-corrected chi connectivity index (χ4v) is 5.52. The molecule has 160 valence electrons. The lowest BCUT2D eigenvalue weighted by Crippen LogP contribution is -2.45. The van der Waals surface area contributed by atoms with E-state index in [1.165, 1.54) is 11.1 Å². The van der Waals surface area contributed by atoms with Crippen LogP contribution in [0, 0.1) is 0 Å². The van der Waals surface area contributed by atoms with Crippen LogP contribution in [0.15, 0.2) is 42.2 Å². The number of hydrogen-bond acceptors (Lipinski definition) is 4. The van der Waals surface area contributed by atoms with E-state index in [0.29, 0.717) is 12.8 Å². The molecule has 2 aliphatic rings. The van der Waals surface area contributed by atoms with E-state index in [9.17, 15) is 8.42 Å². The van der Waals surface area contributed by atoms with Gasteiger partial charge in [-0.1, -0.05) is 44.9 Å². The van der Waals surface area contributed by atoms with Gasteiger partial charge >= 0.3 is 0 Å². The lowest BCUT2D eigenvalue weighted by Gasteiger charge is -2.29. The SMILES string of the molecule is CCCCCS(=O)(=O)NC1(C)C=CC(Oc2cccc3c2CN(CCC)C3)=CC1. The summed E-state index contributed by atoms with van der Waals surface area (Å²) in [4.78, 5) is 2.44. The molecule has 1 aromatic carbocycles. The van der Waals surface area contributed by atoms with Gasteiger partial charge in [-0.15, -0.1) is 0 Å².